The predicted octanol–water partition coefficient (Wildman–Crippen LogP) is 4.53. The molecule has 0 amide bonds. The van der Waals surface area contributed by atoms with Crippen molar-refractivity contribution >= 4 is 15.9 Å². The van der Waals surface area contributed by atoms with Crippen LogP contribution in [0.25, 0.3) is 0 Å². The lowest BCUT2D eigenvalue weighted by atomic mass is 10.1. The Labute approximate surface area is 133 Å². The number of nitriles is 1. The number of hydrogen-bond acceptors (Lipinski definition) is 3. The van der Waals surface area contributed by atoms with Gasteiger partial charge in [0.15, 0.2) is 0 Å². The molecular weight excluding hydrogens is 330 g/mol. The number of aryl methyl sites for hydroxylation is 2. The second-order valence-corrected chi connectivity index (χ2v) is 5.65. The fourth-order valence-corrected chi connectivity index (χ4v) is 2.54. The highest BCUT2D eigenvalue weighted by atomic mass is 79.9. The molecule has 0 unspecified atom stereocenters. The van der Waals surface area contributed by atoms with Crippen LogP contribution in [0.3, 0.4) is 0 Å². The van der Waals surface area contributed by atoms with E-state index in [9.17, 15) is 0 Å². The summed E-state index contributed by atoms with van der Waals surface area (Å²) in [5.74, 6) is 1.62. The maximum absolute atomic E-state index is 8.97. The number of halogens is 1. The van der Waals surface area contributed by atoms with Crippen molar-refractivity contribution in [3.05, 3.63) is 57.1 Å². The third-order valence-corrected chi connectivity index (χ3v) is 3.99. The van der Waals surface area contributed by atoms with Crippen LogP contribution in [-0.2, 0) is 6.61 Å². The highest BCUT2D eigenvalue weighted by molar-refractivity contribution is 9.10. The number of methoxy groups -OCH3 is 1. The van der Waals surface area contributed by atoms with Gasteiger partial charge in [-0.1, -0.05) is 15.9 Å². The van der Waals surface area contributed by atoms with Gasteiger partial charge in [-0.2, -0.15) is 5.26 Å². The van der Waals surface area contributed by atoms with E-state index < -0.39 is 0 Å². The number of hydrogen-bond donors (Lipinski definition) is 0. The monoisotopic (exact) mass is 345 g/mol. The maximum atomic E-state index is 8.97. The molecule has 2 rings (SSSR count). The van der Waals surface area contributed by atoms with Crippen molar-refractivity contribution in [2.45, 2.75) is 20.5 Å². The van der Waals surface area contributed by atoms with Crippen LogP contribution < -0.4 is 9.47 Å². The minimum Gasteiger partial charge on any atom is -0.497 e. The first-order valence-electron chi connectivity index (χ1n) is 6.51. The molecule has 0 aliphatic heterocycles. The van der Waals surface area contributed by atoms with Crippen LogP contribution >= 0.6 is 15.9 Å². The van der Waals surface area contributed by atoms with Crippen LogP contribution in [0.5, 0.6) is 11.5 Å². The van der Waals surface area contributed by atoms with Gasteiger partial charge in [-0.05, 0) is 55.3 Å². The van der Waals surface area contributed by atoms with E-state index in [1.165, 1.54) is 0 Å². The van der Waals surface area contributed by atoms with Gasteiger partial charge in [0, 0.05) is 10.0 Å². The van der Waals surface area contributed by atoms with E-state index in [1.807, 2.05) is 44.2 Å². The van der Waals surface area contributed by atoms with Crippen molar-refractivity contribution in [3.63, 3.8) is 0 Å². The molecule has 3 nitrogen and oxygen atoms in total. The summed E-state index contributed by atoms with van der Waals surface area (Å²) in [7, 11) is 1.64. The molecule has 108 valence electrons. The molecule has 0 heterocycles. The van der Waals surface area contributed by atoms with E-state index in [1.54, 1.807) is 7.11 Å². The maximum Gasteiger partial charge on any atom is 0.125 e. The van der Waals surface area contributed by atoms with Gasteiger partial charge in [-0.25, -0.2) is 0 Å². The second kappa shape index (κ2) is 6.64. The summed E-state index contributed by atoms with van der Waals surface area (Å²) in [6.07, 6.45) is 0. The summed E-state index contributed by atoms with van der Waals surface area (Å²) in [5, 5.41) is 8.97. The zero-order valence-corrected chi connectivity index (χ0v) is 13.8. The van der Waals surface area contributed by atoms with Crippen LogP contribution in [0.2, 0.25) is 0 Å². The Morgan fingerprint density at radius 1 is 1.14 bits per heavy atom. The first-order chi connectivity index (χ1) is 10.0. The zero-order valence-electron chi connectivity index (χ0n) is 12.2. The van der Waals surface area contributed by atoms with Gasteiger partial charge in [0.1, 0.15) is 18.1 Å². The van der Waals surface area contributed by atoms with E-state index in [-0.39, 0.29) is 0 Å². The van der Waals surface area contributed by atoms with E-state index in [2.05, 4.69) is 22.0 Å². The second-order valence-electron chi connectivity index (χ2n) is 4.80. The van der Waals surface area contributed by atoms with Gasteiger partial charge in [0.05, 0.1) is 18.7 Å². The fraction of sp³-hybridized carbons (Fsp3) is 0.235. The van der Waals surface area contributed by atoms with Gasteiger partial charge < -0.3 is 9.47 Å². The molecule has 0 N–H and O–H groups in total. The largest absolute Gasteiger partial charge is 0.497 e. The molecule has 2 aromatic rings. The Balaban J connectivity index is 2.23. The molecule has 0 saturated carbocycles. The first kappa shape index (κ1) is 15.4. The van der Waals surface area contributed by atoms with Gasteiger partial charge in [-0.15, -0.1) is 0 Å². The van der Waals surface area contributed by atoms with E-state index in [0.717, 1.165) is 32.7 Å². The van der Waals surface area contributed by atoms with Gasteiger partial charge in [-0.3, -0.25) is 0 Å². The third kappa shape index (κ3) is 3.56. The Bertz CT molecular complexity index is 681. The van der Waals surface area contributed by atoms with Crippen LogP contribution in [0.4, 0.5) is 0 Å². The number of ether oxygens (including phenoxy) is 2. The molecule has 0 aromatic heterocycles. The van der Waals surface area contributed by atoms with Crippen LogP contribution in [0, 0.1) is 25.2 Å². The Morgan fingerprint density at radius 2 is 1.81 bits per heavy atom. The highest BCUT2D eigenvalue weighted by Crippen LogP contribution is 2.28. The topological polar surface area (TPSA) is 42.2 Å². The van der Waals surface area contributed by atoms with Gasteiger partial charge in [0.2, 0.25) is 0 Å². The molecule has 0 fully saturated rings. The van der Waals surface area contributed by atoms with Crippen molar-refractivity contribution in [2.75, 3.05) is 7.11 Å². The van der Waals surface area contributed by atoms with E-state index in [4.69, 9.17) is 14.7 Å². The number of rotatable bonds is 4. The van der Waals surface area contributed by atoms with E-state index >= 15 is 0 Å². The van der Waals surface area contributed by atoms with Crippen molar-refractivity contribution < 1.29 is 9.47 Å². The molecule has 0 aliphatic carbocycles. The zero-order chi connectivity index (χ0) is 15.4. The normalized spacial score (nSPS) is 10.0. The molecule has 0 aliphatic rings. The molecule has 0 saturated heterocycles. The molecule has 21 heavy (non-hydrogen) atoms. The third-order valence-electron chi connectivity index (χ3n) is 3.21. The number of benzene rings is 2. The predicted molar refractivity (Wildman–Crippen MR) is 85.7 cm³/mol. The average molecular weight is 346 g/mol. The van der Waals surface area contributed by atoms with Crippen LogP contribution in [0.1, 0.15) is 22.3 Å². The van der Waals surface area contributed by atoms with Gasteiger partial charge >= 0.3 is 0 Å². The average Bonchev–Trinajstić information content (AvgIpc) is 2.47. The lowest BCUT2D eigenvalue weighted by Gasteiger charge is -2.14. The lowest BCUT2D eigenvalue weighted by Crippen LogP contribution is -2.01. The van der Waals surface area contributed by atoms with Crippen molar-refractivity contribution in [1.82, 2.24) is 0 Å². The van der Waals surface area contributed by atoms with Crippen LogP contribution in [-0.4, -0.2) is 7.11 Å². The molecule has 2 aromatic carbocycles. The minimum absolute atomic E-state index is 0.436. The van der Waals surface area contributed by atoms with Crippen molar-refractivity contribution in [1.29, 1.82) is 5.26 Å². The quantitative estimate of drug-likeness (QED) is 0.817. The molecular formula is C17H16BrNO2. The van der Waals surface area contributed by atoms with Crippen molar-refractivity contribution in [2.24, 2.45) is 0 Å². The smallest absolute Gasteiger partial charge is 0.125 e. The Hall–Kier alpha value is -1.99. The molecule has 0 radical (unpaired) electrons. The first-order valence-corrected chi connectivity index (χ1v) is 7.31. The van der Waals surface area contributed by atoms with Crippen molar-refractivity contribution in [3.8, 4) is 17.6 Å². The summed E-state index contributed by atoms with van der Waals surface area (Å²) < 4.78 is 12.1. The molecule has 4 heteroatoms. The molecule has 0 spiro atoms. The summed E-state index contributed by atoms with van der Waals surface area (Å²) in [5.41, 5.74) is 3.59. The summed E-state index contributed by atoms with van der Waals surface area (Å²) in [6, 6.07) is 11.6. The lowest BCUT2D eigenvalue weighted by molar-refractivity contribution is 0.300. The minimum atomic E-state index is 0.436. The Kier molecular flexibility index (Phi) is 4.87. The van der Waals surface area contributed by atoms with Crippen LogP contribution in [0.15, 0.2) is 34.8 Å². The standard InChI is InChI=1S/C17H16BrNO2/c1-11-6-13(9-19)7-12(2)17(11)21-10-14-8-15(20-3)4-5-16(14)18/h4-8H,10H2,1-3H3. The highest BCUT2D eigenvalue weighted by Gasteiger charge is 2.09. The van der Waals surface area contributed by atoms with E-state index in [0.29, 0.717) is 12.2 Å². The number of nitrogens with zero attached hydrogens (tertiary/aromatic N) is 1. The fourth-order valence-electron chi connectivity index (χ4n) is 2.18. The SMILES string of the molecule is COc1ccc(Br)c(COc2c(C)cc(C#N)cc2C)c1. The Morgan fingerprint density at radius 3 is 2.38 bits per heavy atom. The summed E-state index contributed by atoms with van der Waals surface area (Å²) in [4.78, 5) is 0. The van der Waals surface area contributed by atoms with Gasteiger partial charge in [0.25, 0.3) is 0 Å². The summed E-state index contributed by atoms with van der Waals surface area (Å²) >= 11 is 3.51. The molecule has 0 atom stereocenters. The molecule has 0 bridgehead atoms. The summed E-state index contributed by atoms with van der Waals surface area (Å²) in [6.45, 7) is 4.33.